The molecule has 0 bridgehead atoms. The van der Waals surface area contributed by atoms with Gasteiger partial charge in [-0.1, -0.05) is 18.0 Å². The highest BCUT2D eigenvalue weighted by Crippen LogP contribution is 2.29. The fraction of sp³-hybridized carbons (Fsp3) is 0.350. The average molecular weight is 413 g/mol. The number of pyridine rings is 1. The van der Waals surface area contributed by atoms with Crippen molar-refractivity contribution in [2.24, 2.45) is 0 Å². The molecular weight excluding hydrogens is 388 g/mol. The van der Waals surface area contributed by atoms with Crippen LogP contribution in [0, 0.1) is 0 Å². The van der Waals surface area contributed by atoms with Crippen LogP contribution in [0.25, 0.3) is 22.0 Å². The van der Waals surface area contributed by atoms with Crippen LogP contribution in [0.3, 0.4) is 0 Å². The molecule has 0 amide bonds. The van der Waals surface area contributed by atoms with Gasteiger partial charge in [-0.15, -0.1) is 0 Å². The summed E-state index contributed by atoms with van der Waals surface area (Å²) in [6.45, 7) is 1.85. The number of nitrogens with two attached hydrogens (primary N) is 2. The van der Waals surface area contributed by atoms with E-state index in [9.17, 15) is 4.79 Å². The molecule has 1 saturated heterocycles. The number of nitrogens with zero attached hydrogens (tertiary/aromatic N) is 4. The molecule has 0 unspecified atom stereocenters. The number of methoxy groups -OCH3 is 1. The Labute approximate surface area is 173 Å². The fourth-order valence-corrected chi connectivity index (χ4v) is 4.40. The van der Waals surface area contributed by atoms with E-state index >= 15 is 0 Å². The highest BCUT2D eigenvalue weighted by Gasteiger charge is 2.24. The zero-order valence-electron chi connectivity index (χ0n) is 16.5. The Morgan fingerprint density at radius 3 is 2.59 bits per heavy atom. The van der Waals surface area contributed by atoms with Gasteiger partial charge in [0, 0.05) is 30.9 Å². The van der Waals surface area contributed by atoms with Crippen LogP contribution in [0.1, 0.15) is 18.9 Å². The summed E-state index contributed by atoms with van der Waals surface area (Å²) in [5.74, 6) is 0.649. The van der Waals surface area contributed by atoms with Crippen LogP contribution in [0.4, 0.5) is 11.6 Å². The zero-order valence-corrected chi connectivity index (χ0v) is 17.3. The highest BCUT2D eigenvalue weighted by molar-refractivity contribution is 7.96. The largest absolute Gasteiger partial charge is 0.480 e. The molecule has 0 aliphatic carbocycles. The average Bonchev–Trinajstić information content (AvgIpc) is 2.74. The number of aromatic nitrogens is 3. The van der Waals surface area contributed by atoms with Crippen LogP contribution in [-0.4, -0.2) is 45.3 Å². The Balaban J connectivity index is 1.76. The summed E-state index contributed by atoms with van der Waals surface area (Å²) in [5.41, 5.74) is 14.7. The van der Waals surface area contributed by atoms with Crippen molar-refractivity contribution in [2.75, 3.05) is 37.9 Å². The smallest absolute Gasteiger partial charge is 0.263 e. The number of rotatable bonds is 4. The van der Waals surface area contributed by atoms with Gasteiger partial charge in [0.25, 0.3) is 5.56 Å². The topological polar surface area (TPSA) is 112 Å². The number of nitrogen functional groups attached to an aromatic ring is 2. The molecule has 152 valence electrons. The lowest BCUT2D eigenvalue weighted by Gasteiger charge is -2.31. The second kappa shape index (κ2) is 7.92. The maximum Gasteiger partial charge on any atom is 0.263 e. The van der Waals surface area contributed by atoms with Gasteiger partial charge in [-0.3, -0.25) is 13.7 Å². The van der Waals surface area contributed by atoms with Crippen molar-refractivity contribution in [3.63, 3.8) is 0 Å². The number of piperidine rings is 1. The summed E-state index contributed by atoms with van der Waals surface area (Å²) in [4.78, 5) is 22.0. The molecule has 4 rings (SSSR count). The third-order valence-electron chi connectivity index (χ3n) is 5.38. The predicted octanol–water partition coefficient (Wildman–Crippen LogP) is 2.55. The van der Waals surface area contributed by atoms with E-state index in [4.69, 9.17) is 16.2 Å². The fourth-order valence-electron chi connectivity index (χ4n) is 3.83. The molecule has 3 heterocycles. The molecule has 0 radical (unpaired) electrons. The first-order chi connectivity index (χ1) is 14.0. The summed E-state index contributed by atoms with van der Waals surface area (Å²) < 4.78 is 9.07. The van der Waals surface area contributed by atoms with Crippen molar-refractivity contribution in [2.45, 2.75) is 18.9 Å². The van der Waals surface area contributed by atoms with Gasteiger partial charge in [0.15, 0.2) is 0 Å². The van der Waals surface area contributed by atoms with Gasteiger partial charge in [0.1, 0.15) is 0 Å². The normalized spacial score (nSPS) is 15.7. The van der Waals surface area contributed by atoms with Crippen LogP contribution in [0.2, 0.25) is 0 Å². The van der Waals surface area contributed by atoms with Crippen molar-refractivity contribution in [1.29, 1.82) is 0 Å². The van der Waals surface area contributed by atoms with E-state index in [2.05, 4.69) is 20.5 Å². The molecular formula is C20H24N6O2S. The third kappa shape index (κ3) is 3.63. The van der Waals surface area contributed by atoms with E-state index in [0.717, 1.165) is 37.1 Å². The third-order valence-corrected chi connectivity index (χ3v) is 6.26. The first kappa shape index (κ1) is 19.5. The van der Waals surface area contributed by atoms with Gasteiger partial charge >= 0.3 is 0 Å². The lowest BCUT2D eigenvalue weighted by molar-refractivity contribution is 0.289. The standard InChI is InChI=1S/C20H24N6O2S/c1-28-18-16(21)10-13(11-23-18)12-3-4-17-15(9-12)19(27)26(20(22)24-17)14-5-7-25(29-2)8-6-14/h3-4,9-11,14H,5-8,21H2,1-2H3,(H2,22,24). The van der Waals surface area contributed by atoms with Crippen molar-refractivity contribution in [1.82, 2.24) is 18.8 Å². The minimum absolute atomic E-state index is 0.0600. The number of fused-ring (bicyclic) bond motifs is 1. The minimum Gasteiger partial charge on any atom is -0.480 e. The molecule has 8 nitrogen and oxygen atoms in total. The highest BCUT2D eigenvalue weighted by atomic mass is 32.2. The van der Waals surface area contributed by atoms with E-state index in [1.165, 1.54) is 7.11 Å². The molecule has 3 aromatic rings. The van der Waals surface area contributed by atoms with Gasteiger partial charge < -0.3 is 16.2 Å². The summed E-state index contributed by atoms with van der Waals surface area (Å²) in [5, 5.41) is 0.540. The molecule has 29 heavy (non-hydrogen) atoms. The predicted molar refractivity (Wildman–Crippen MR) is 118 cm³/mol. The molecule has 0 atom stereocenters. The van der Waals surface area contributed by atoms with E-state index in [1.54, 1.807) is 28.8 Å². The number of ether oxygens (including phenoxy) is 1. The monoisotopic (exact) mass is 412 g/mol. The molecule has 4 N–H and O–H groups in total. The van der Waals surface area contributed by atoms with Crippen LogP contribution in [0.15, 0.2) is 35.3 Å². The number of hydrogen-bond acceptors (Lipinski definition) is 8. The number of benzene rings is 1. The second-order valence-corrected chi connectivity index (χ2v) is 7.92. The summed E-state index contributed by atoms with van der Waals surface area (Å²) in [6.07, 6.45) is 5.49. The molecule has 0 spiro atoms. The molecule has 1 aliphatic heterocycles. The van der Waals surface area contributed by atoms with Crippen LogP contribution < -0.4 is 21.8 Å². The first-order valence-electron chi connectivity index (χ1n) is 9.42. The first-order valence-corrected chi connectivity index (χ1v) is 10.6. The lowest BCUT2D eigenvalue weighted by atomic mass is 10.0. The van der Waals surface area contributed by atoms with Gasteiger partial charge in [-0.05, 0) is 42.9 Å². The van der Waals surface area contributed by atoms with E-state index < -0.39 is 0 Å². The maximum atomic E-state index is 13.3. The van der Waals surface area contributed by atoms with Crippen molar-refractivity contribution in [3.8, 4) is 17.0 Å². The van der Waals surface area contributed by atoms with Crippen LogP contribution in [-0.2, 0) is 0 Å². The molecule has 1 aliphatic rings. The Morgan fingerprint density at radius 2 is 1.93 bits per heavy atom. The quantitative estimate of drug-likeness (QED) is 0.629. The summed E-state index contributed by atoms with van der Waals surface area (Å²) >= 11 is 1.73. The molecule has 1 aromatic carbocycles. The number of hydrogen-bond donors (Lipinski definition) is 2. The van der Waals surface area contributed by atoms with E-state index in [1.807, 2.05) is 18.2 Å². The maximum absolute atomic E-state index is 13.3. The summed E-state index contributed by atoms with van der Waals surface area (Å²) in [7, 11) is 1.52. The molecule has 0 saturated carbocycles. The Bertz CT molecular complexity index is 1110. The van der Waals surface area contributed by atoms with Gasteiger partial charge in [-0.2, -0.15) is 0 Å². The Hall–Kier alpha value is -2.78. The van der Waals surface area contributed by atoms with Crippen LogP contribution in [0.5, 0.6) is 5.88 Å². The second-order valence-electron chi connectivity index (χ2n) is 7.04. The lowest BCUT2D eigenvalue weighted by Crippen LogP contribution is -2.35. The molecule has 2 aromatic heterocycles. The Kier molecular flexibility index (Phi) is 5.33. The zero-order chi connectivity index (χ0) is 20.5. The van der Waals surface area contributed by atoms with E-state index in [-0.39, 0.29) is 17.5 Å². The molecule has 9 heteroatoms. The van der Waals surface area contributed by atoms with Gasteiger partial charge in [0.05, 0.1) is 23.7 Å². The van der Waals surface area contributed by atoms with Crippen molar-refractivity contribution >= 4 is 34.5 Å². The molecule has 1 fully saturated rings. The van der Waals surface area contributed by atoms with Crippen LogP contribution >= 0.6 is 11.9 Å². The van der Waals surface area contributed by atoms with Crippen molar-refractivity contribution in [3.05, 3.63) is 40.8 Å². The van der Waals surface area contributed by atoms with E-state index in [0.29, 0.717) is 22.5 Å². The summed E-state index contributed by atoms with van der Waals surface area (Å²) in [6, 6.07) is 7.38. The Morgan fingerprint density at radius 1 is 1.17 bits per heavy atom. The van der Waals surface area contributed by atoms with Crippen molar-refractivity contribution < 1.29 is 4.74 Å². The number of anilines is 2. The van der Waals surface area contributed by atoms with Gasteiger partial charge in [-0.25, -0.2) is 9.97 Å². The SMILES string of the molecule is COc1ncc(-c2ccc3nc(N)n(C4CCN(SC)CC4)c(=O)c3c2)cc1N. The minimum atomic E-state index is -0.105. The van der Waals surface area contributed by atoms with Gasteiger partial charge in [0.2, 0.25) is 11.8 Å².